The first-order valence-corrected chi connectivity index (χ1v) is 3.77. The summed E-state index contributed by atoms with van der Waals surface area (Å²) in [6.07, 6.45) is -2.27. The van der Waals surface area contributed by atoms with Crippen LogP contribution in [0.4, 0.5) is 0 Å². The molecule has 0 rings (SSSR count). The van der Waals surface area contributed by atoms with Crippen LogP contribution in [0.3, 0.4) is 0 Å². The van der Waals surface area contributed by atoms with Gasteiger partial charge in [-0.15, -0.1) is 0 Å². The number of hydrogen-bond donors (Lipinski definition) is 6. The molecule has 6 heteroatoms. The second-order valence-corrected chi connectivity index (χ2v) is 2.25. The first kappa shape index (κ1) is 11.8. The number of rotatable bonds is 7. The molecule has 0 radical (unpaired) electrons. The van der Waals surface area contributed by atoms with Gasteiger partial charge in [0.25, 0.3) is 0 Å². The van der Waals surface area contributed by atoms with Crippen molar-refractivity contribution in [3.63, 3.8) is 0 Å². The van der Waals surface area contributed by atoms with Gasteiger partial charge in [-0.1, -0.05) is 0 Å². The summed E-state index contributed by atoms with van der Waals surface area (Å²) in [7, 11) is 0. The lowest BCUT2D eigenvalue weighted by Crippen LogP contribution is -2.49. The summed E-state index contributed by atoms with van der Waals surface area (Å²) in [5.41, 5.74) is 0. The van der Waals surface area contributed by atoms with Crippen molar-refractivity contribution in [2.75, 3.05) is 26.3 Å². The molecule has 12 heavy (non-hydrogen) atoms. The molecule has 0 aromatic rings. The average Bonchev–Trinajstić information content (AvgIpc) is 2.10. The van der Waals surface area contributed by atoms with E-state index in [2.05, 4.69) is 10.6 Å². The Hall–Kier alpha value is -0.240. The first-order valence-electron chi connectivity index (χ1n) is 3.77. The zero-order valence-corrected chi connectivity index (χ0v) is 6.77. The van der Waals surface area contributed by atoms with E-state index < -0.39 is 12.5 Å². The normalized spacial score (nSPS) is 16.0. The Morgan fingerprint density at radius 1 is 0.833 bits per heavy atom. The van der Waals surface area contributed by atoms with Crippen molar-refractivity contribution in [1.82, 2.24) is 10.6 Å². The maximum atomic E-state index is 9.06. The lowest BCUT2D eigenvalue weighted by molar-refractivity contribution is -0.0239. The van der Waals surface area contributed by atoms with Gasteiger partial charge in [0.05, 0.1) is 13.2 Å². The molecule has 0 fully saturated rings. The van der Waals surface area contributed by atoms with Gasteiger partial charge in [-0.3, -0.25) is 10.6 Å². The Balaban J connectivity index is 3.39. The van der Waals surface area contributed by atoms with Crippen LogP contribution in [-0.2, 0) is 0 Å². The van der Waals surface area contributed by atoms with Crippen molar-refractivity contribution in [2.45, 2.75) is 12.5 Å². The van der Waals surface area contributed by atoms with Crippen LogP contribution in [0.15, 0.2) is 0 Å². The minimum atomic E-state index is -1.14. The van der Waals surface area contributed by atoms with E-state index >= 15 is 0 Å². The predicted molar refractivity (Wildman–Crippen MR) is 42.2 cm³/mol. The predicted octanol–water partition coefficient (Wildman–Crippen LogP) is -3.21. The minimum Gasteiger partial charge on any atom is -0.395 e. The van der Waals surface area contributed by atoms with Crippen LogP contribution >= 0.6 is 0 Å². The van der Waals surface area contributed by atoms with Crippen LogP contribution in [0, 0.1) is 0 Å². The van der Waals surface area contributed by atoms with Crippen molar-refractivity contribution in [3.05, 3.63) is 0 Å². The van der Waals surface area contributed by atoms with E-state index in [0.29, 0.717) is 0 Å². The molecule has 0 aromatic heterocycles. The summed E-state index contributed by atoms with van der Waals surface area (Å²) in [6, 6.07) is 0. The summed E-state index contributed by atoms with van der Waals surface area (Å²) in [5, 5.41) is 39.7. The van der Waals surface area contributed by atoms with Crippen LogP contribution < -0.4 is 10.6 Å². The Morgan fingerprint density at radius 3 is 1.42 bits per heavy atom. The van der Waals surface area contributed by atoms with E-state index in [9.17, 15) is 0 Å². The Kier molecular flexibility index (Phi) is 7.26. The highest BCUT2D eigenvalue weighted by molar-refractivity contribution is 4.62. The molecular formula is C6H16N2O4. The molecule has 0 amide bonds. The summed E-state index contributed by atoms with van der Waals surface area (Å²) in [4.78, 5) is 0. The summed E-state index contributed by atoms with van der Waals surface area (Å²) < 4.78 is 0. The molecule has 74 valence electrons. The smallest absolute Gasteiger partial charge is 0.144 e. The van der Waals surface area contributed by atoms with Crippen molar-refractivity contribution in [3.8, 4) is 0 Å². The van der Waals surface area contributed by atoms with Crippen molar-refractivity contribution in [2.24, 2.45) is 0 Å². The average molecular weight is 180 g/mol. The van der Waals surface area contributed by atoms with E-state index in [0.717, 1.165) is 0 Å². The van der Waals surface area contributed by atoms with Crippen LogP contribution in [0.1, 0.15) is 0 Å². The standard InChI is InChI=1S/C6H16N2O4/c9-3-1-7-5(11)6(12)8-2-4-10/h5-12H,1-4H2. The first-order chi connectivity index (χ1) is 5.72. The van der Waals surface area contributed by atoms with E-state index in [4.69, 9.17) is 20.4 Å². The maximum absolute atomic E-state index is 9.06. The second-order valence-electron chi connectivity index (χ2n) is 2.25. The molecular weight excluding hydrogens is 164 g/mol. The van der Waals surface area contributed by atoms with Gasteiger partial charge in [-0.25, -0.2) is 0 Å². The van der Waals surface area contributed by atoms with E-state index in [1.165, 1.54) is 0 Å². The Bertz CT molecular complexity index is 91.5. The third kappa shape index (κ3) is 5.42. The van der Waals surface area contributed by atoms with Gasteiger partial charge in [0.2, 0.25) is 0 Å². The molecule has 2 atom stereocenters. The van der Waals surface area contributed by atoms with E-state index in [1.54, 1.807) is 0 Å². The van der Waals surface area contributed by atoms with Gasteiger partial charge in [-0.2, -0.15) is 0 Å². The van der Waals surface area contributed by atoms with Gasteiger partial charge < -0.3 is 20.4 Å². The highest BCUT2D eigenvalue weighted by Gasteiger charge is 2.13. The molecule has 0 aromatic carbocycles. The fourth-order valence-electron chi connectivity index (χ4n) is 0.648. The highest BCUT2D eigenvalue weighted by atomic mass is 16.4. The zero-order valence-electron chi connectivity index (χ0n) is 6.77. The zero-order chi connectivity index (χ0) is 9.40. The lowest BCUT2D eigenvalue weighted by Gasteiger charge is -2.19. The van der Waals surface area contributed by atoms with E-state index in [-0.39, 0.29) is 26.3 Å². The Labute approximate surface area is 70.8 Å². The molecule has 0 saturated carbocycles. The van der Waals surface area contributed by atoms with E-state index in [1.807, 2.05) is 0 Å². The third-order valence-electron chi connectivity index (χ3n) is 1.23. The van der Waals surface area contributed by atoms with Gasteiger partial charge in [0.1, 0.15) is 12.5 Å². The van der Waals surface area contributed by atoms with Gasteiger partial charge >= 0.3 is 0 Å². The third-order valence-corrected chi connectivity index (χ3v) is 1.23. The lowest BCUT2D eigenvalue weighted by atomic mass is 10.4. The van der Waals surface area contributed by atoms with Crippen molar-refractivity contribution in [1.29, 1.82) is 0 Å². The fourth-order valence-corrected chi connectivity index (χ4v) is 0.648. The molecule has 6 nitrogen and oxygen atoms in total. The number of aliphatic hydroxyl groups excluding tert-OH is 4. The van der Waals surface area contributed by atoms with Crippen molar-refractivity contribution >= 4 is 0 Å². The molecule has 0 saturated heterocycles. The topological polar surface area (TPSA) is 105 Å². The number of aliphatic hydroxyl groups is 4. The van der Waals surface area contributed by atoms with Gasteiger partial charge in [0, 0.05) is 13.1 Å². The molecule has 0 spiro atoms. The van der Waals surface area contributed by atoms with Crippen LogP contribution in [0.5, 0.6) is 0 Å². The quantitative estimate of drug-likeness (QED) is 0.230. The fraction of sp³-hybridized carbons (Fsp3) is 1.00. The van der Waals surface area contributed by atoms with Gasteiger partial charge in [0.15, 0.2) is 0 Å². The van der Waals surface area contributed by atoms with Gasteiger partial charge in [-0.05, 0) is 0 Å². The summed E-state index contributed by atoms with van der Waals surface area (Å²) in [6.45, 7) is 0.200. The van der Waals surface area contributed by atoms with Crippen LogP contribution in [0.25, 0.3) is 0 Å². The molecule has 2 unspecified atom stereocenters. The molecule has 0 heterocycles. The van der Waals surface area contributed by atoms with Crippen LogP contribution in [-0.4, -0.2) is 59.2 Å². The highest BCUT2D eigenvalue weighted by Crippen LogP contribution is 1.83. The number of hydrogen-bond acceptors (Lipinski definition) is 6. The number of nitrogens with one attached hydrogen (secondary N) is 2. The molecule has 0 bridgehead atoms. The Morgan fingerprint density at radius 2 is 1.17 bits per heavy atom. The largest absolute Gasteiger partial charge is 0.395 e. The molecule has 0 aliphatic carbocycles. The molecule has 6 N–H and O–H groups in total. The van der Waals surface area contributed by atoms with Crippen LogP contribution in [0.2, 0.25) is 0 Å². The molecule has 0 aliphatic heterocycles. The maximum Gasteiger partial charge on any atom is 0.144 e. The molecule has 0 aliphatic rings. The second kappa shape index (κ2) is 7.41. The summed E-state index contributed by atoms with van der Waals surface area (Å²) >= 11 is 0. The minimum absolute atomic E-state index is 0.107. The van der Waals surface area contributed by atoms with Crippen molar-refractivity contribution < 1.29 is 20.4 Å². The summed E-state index contributed by atoms with van der Waals surface area (Å²) in [5.74, 6) is 0. The SMILES string of the molecule is OCCNC(O)C(O)NCCO. The monoisotopic (exact) mass is 180 g/mol.